The summed E-state index contributed by atoms with van der Waals surface area (Å²) in [6.07, 6.45) is 6.28. The molecule has 0 aromatic heterocycles. The molecule has 0 bridgehead atoms. The number of aliphatic hydroxyl groups is 2. The zero-order valence-corrected chi connectivity index (χ0v) is 11.5. The van der Waals surface area contributed by atoms with Crippen LogP contribution in [0.1, 0.15) is 24.8 Å². The molecular formula is C15H23N3O2. The van der Waals surface area contributed by atoms with E-state index in [1.165, 1.54) is 0 Å². The molecule has 1 aliphatic carbocycles. The van der Waals surface area contributed by atoms with Gasteiger partial charge in [-0.15, -0.1) is 0 Å². The van der Waals surface area contributed by atoms with Crippen LogP contribution in [0.2, 0.25) is 0 Å². The molecule has 1 aliphatic rings. The van der Waals surface area contributed by atoms with Crippen molar-refractivity contribution in [3.8, 4) is 0 Å². The van der Waals surface area contributed by atoms with Gasteiger partial charge in [0.2, 0.25) is 0 Å². The third-order valence-corrected chi connectivity index (χ3v) is 3.66. The third-order valence-electron chi connectivity index (χ3n) is 3.66. The minimum Gasteiger partial charge on any atom is -0.399 e. The maximum atomic E-state index is 9.46. The molecule has 1 aromatic rings. The van der Waals surface area contributed by atoms with Gasteiger partial charge in [-0.25, -0.2) is 0 Å². The highest BCUT2D eigenvalue weighted by atomic mass is 16.3. The van der Waals surface area contributed by atoms with Gasteiger partial charge in [0.05, 0.1) is 18.2 Å². The summed E-state index contributed by atoms with van der Waals surface area (Å²) in [6.45, 7) is -0.00180. The lowest BCUT2D eigenvalue weighted by Gasteiger charge is -2.32. The van der Waals surface area contributed by atoms with Gasteiger partial charge in [-0.3, -0.25) is 0 Å². The van der Waals surface area contributed by atoms with Crippen molar-refractivity contribution in [2.24, 2.45) is 5.73 Å². The Morgan fingerprint density at radius 3 is 2.85 bits per heavy atom. The fourth-order valence-corrected chi connectivity index (χ4v) is 2.51. The van der Waals surface area contributed by atoms with Gasteiger partial charge in [-0.05, 0) is 37.5 Å². The number of aliphatic hydroxyl groups excluding tert-OH is 2. The van der Waals surface area contributed by atoms with Crippen molar-refractivity contribution in [2.75, 3.05) is 24.2 Å². The van der Waals surface area contributed by atoms with Crippen LogP contribution in [0, 0.1) is 0 Å². The Bertz CT molecular complexity index is 490. The summed E-state index contributed by atoms with van der Waals surface area (Å²) >= 11 is 0. The molecule has 5 nitrogen and oxygen atoms in total. The van der Waals surface area contributed by atoms with Gasteiger partial charge in [-0.1, -0.05) is 12.2 Å². The highest BCUT2D eigenvalue weighted by Crippen LogP contribution is 2.35. The van der Waals surface area contributed by atoms with Crippen molar-refractivity contribution >= 4 is 11.4 Å². The Labute approximate surface area is 119 Å². The molecule has 0 aliphatic heterocycles. The van der Waals surface area contributed by atoms with Gasteiger partial charge in [0.25, 0.3) is 0 Å². The summed E-state index contributed by atoms with van der Waals surface area (Å²) in [4.78, 5) is 0. The van der Waals surface area contributed by atoms with Gasteiger partial charge in [0, 0.05) is 23.5 Å². The Morgan fingerprint density at radius 2 is 2.20 bits per heavy atom. The second kappa shape index (κ2) is 6.26. The first kappa shape index (κ1) is 14.8. The number of hydrogen-bond acceptors (Lipinski definition) is 5. The van der Waals surface area contributed by atoms with E-state index in [2.05, 4.69) is 11.4 Å². The van der Waals surface area contributed by atoms with E-state index < -0.39 is 11.6 Å². The minimum atomic E-state index is -0.795. The van der Waals surface area contributed by atoms with E-state index in [0.29, 0.717) is 5.69 Å². The van der Waals surface area contributed by atoms with Crippen LogP contribution >= 0.6 is 0 Å². The van der Waals surface area contributed by atoms with Gasteiger partial charge in [0.1, 0.15) is 0 Å². The average Bonchev–Trinajstić information content (AvgIpc) is 2.46. The van der Waals surface area contributed by atoms with Gasteiger partial charge >= 0.3 is 0 Å². The maximum absolute atomic E-state index is 9.46. The Hall–Kier alpha value is -1.56. The molecule has 0 fully saturated rings. The molecule has 7 N–H and O–H groups in total. The van der Waals surface area contributed by atoms with Crippen LogP contribution in [0.4, 0.5) is 11.4 Å². The first-order valence-corrected chi connectivity index (χ1v) is 6.94. The molecule has 0 radical (unpaired) electrons. The lowest BCUT2D eigenvalue weighted by Crippen LogP contribution is -2.37. The Kier molecular flexibility index (Phi) is 4.65. The summed E-state index contributed by atoms with van der Waals surface area (Å²) in [5.41, 5.74) is 14.3. The fourth-order valence-electron chi connectivity index (χ4n) is 2.51. The number of nitrogen functional groups attached to an aromatic ring is 1. The second-order valence-electron chi connectivity index (χ2n) is 5.36. The SMILES string of the molecule is Nc1ccc(NCC(O)CO)c(C2(N)C=CCCC2)c1. The van der Waals surface area contributed by atoms with Gasteiger partial charge in [0.15, 0.2) is 0 Å². The van der Waals surface area contributed by atoms with E-state index in [9.17, 15) is 5.11 Å². The van der Waals surface area contributed by atoms with E-state index in [4.69, 9.17) is 16.6 Å². The standard InChI is InChI=1S/C15H23N3O2/c16-11-4-5-14(18-9-12(20)10-19)13(8-11)15(17)6-2-1-3-7-15/h2,4-6,8,12,18-20H,1,3,7,9-10,16-17H2. The molecule has 2 rings (SSSR count). The number of hydrogen-bond donors (Lipinski definition) is 5. The molecule has 1 aromatic carbocycles. The molecule has 0 saturated carbocycles. The highest BCUT2D eigenvalue weighted by molar-refractivity contribution is 5.62. The topological polar surface area (TPSA) is 105 Å². The maximum Gasteiger partial charge on any atom is 0.0942 e. The molecule has 0 amide bonds. The van der Waals surface area contributed by atoms with Crippen molar-refractivity contribution < 1.29 is 10.2 Å². The van der Waals surface area contributed by atoms with Crippen LogP contribution in [0.25, 0.3) is 0 Å². The zero-order valence-electron chi connectivity index (χ0n) is 11.5. The van der Waals surface area contributed by atoms with Crippen LogP contribution in [-0.4, -0.2) is 29.5 Å². The first-order valence-electron chi connectivity index (χ1n) is 6.94. The van der Waals surface area contributed by atoms with Crippen molar-refractivity contribution in [3.05, 3.63) is 35.9 Å². The third kappa shape index (κ3) is 3.30. The molecule has 0 spiro atoms. The molecule has 0 saturated heterocycles. The minimum absolute atomic E-state index is 0.271. The zero-order chi connectivity index (χ0) is 14.6. The molecule has 2 unspecified atom stereocenters. The van der Waals surface area contributed by atoms with Crippen molar-refractivity contribution in [2.45, 2.75) is 30.9 Å². The van der Waals surface area contributed by atoms with Crippen LogP contribution in [0.3, 0.4) is 0 Å². The first-order chi connectivity index (χ1) is 9.55. The number of nitrogens with one attached hydrogen (secondary N) is 1. The molecule has 2 atom stereocenters. The predicted molar refractivity (Wildman–Crippen MR) is 81.3 cm³/mol. The van der Waals surface area contributed by atoms with Crippen molar-refractivity contribution in [1.29, 1.82) is 0 Å². The second-order valence-corrected chi connectivity index (χ2v) is 5.36. The average molecular weight is 277 g/mol. The quantitative estimate of drug-likeness (QED) is 0.407. The largest absolute Gasteiger partial charge is 0.399 e. The number of nitrogens with two attached hydrogens (primary N) is 2. The summed E-state index contributed by atoms with van der Waals surface area (Å²) in [5.74, 6) is 0. The van der Waals surface area contributed by atoms with E-state index in [0.717, 1.165) is 30.5 Å². The monoisotopic (exact) mass is 277 g/mol. The number of anilines is 2. The molecule has 5 heteroatoms. The number of benzene rings is 1. The van der Waals surface area contributed by atoms with Crippen molar-refractivity contribution in [1.82, 2.24) is 0 Å². The van der Waals surface area contributed by atoms with Crippen LogP contribution < -0.4 is 16.8 Å². The van der Waals surface area contributed by atoms with E-state index in [-0.39, 0.29) is 13.2 Å². The summed E-state index contributed by atoms with van der Waals surface area (Å²) < 4.78 is 0. The van der Waals surface area contributed by atoms with E-state index in [1.807, 2.05) is 18.2 Å². The van der Waals surface area contributed by atoms with Crippen LogP contribution in [0.15, 0.2) is 30.4 Å². The van der Waals surface area contributed by atoms with Crippen molar-refractivity contribution in [3.63, 3.8) is 0 Å². The van der Waals surface area contributed by atoms with E-state index in [1.54, 1.807) is 6.07 Å². The Morgan fingerprint density at radius 1 is 1.40 bits per heavy atom. The molecule has 20 heavy (non-hydrogen) atoms. The van der Waals surface area contributed by atoms with Gasteiger partial charge in [-0.2, -0.15) is 0 Å². The summed E-state index contributed by atoms with van der Waals surface area (Å²) in [6, 6.07) is 5.54. The molecule has 0 heterocycles. The number of allylic oxidation sites excluding steroid dienone is 1. The van der Waals surface area contributed by atoms with Gasteiger partial charge < -0.3 is 27.0 Å². The normalized spacial score (nSPS) is 23.6. The predicted octanol–water partition coefficient (Wildman–Crippen LogP) is 0.928. The van der Waals surface area contributed by atoms with Crippen LogP contribution in [0.5, 0.6) is 0 Å². The van der Waals surface area contributed by atoms with Crippen LogP contribution in [-0.2, 0) is 5.54 Å². The highest BCUT2D eigenvalue weighted by Gasteiger charge is 2.28. The summed E-state index contributed by atoms with van der Waals surface area (Å²) in [7, 11) is 0. The number of rotatable bonds is 5. The summed E-state index contributed by atoms with van der Waals surface area (Å²) in [5, 5.41) is 21.5. The van der Waals surface area contributed by atoms with E-state index >= 15 is 0 Å². The smallest absolute Gasteiger partial charge is 0.0942 e. The lowest BCUT2D eigenvalue weighted by molar-refractivity contribution is 0.105. The fraction of sp³-hybridized carbons (Fsp3) is 0.467. The molecule has 110 valence electrons. The Balaban J connectivity index is 2.28. The lowest BCUT2D eigenvalue weighted by atomic mass is 9.81. The molecular weight excluding hydrogens is 254 g/mol.